The average Bonchev–Trinajstić information content (AvgIpc) is 2.37. The molecule has 2 unspecified atom stereocenters. The molecule has 0 aliphatic heterocycles. The topological polar surface area (TPSA) is 49.8 Å². The highest BCUT2D eigenvalue weighted by Crippen LogP contribution is 2.08. The summed E-state index contributed by atoms with van der Waals surface area (Å²) < 4.78 is 0. The highest BCUT2D eigenvalue weighted by Gasteiger charge is 2.05. The van der Waals surface area contributed by atoms with E-state index in [1.165, 1.54) is 18.8 Å². The van der Waals surface area contributed by atoms with E-state index in [0.717, 1.165) is 15.0 Å². The van der Waals surface area contributed by atoms with Crippen LogP contribution < -0.4 is 16.1 Å². The van der Waals surface area contributed by atoms with Crippen LogP contribution in [0.1, 0.15) is 19.8 Å². The van der Waals surface area contributed by atoms with Crippen molar-refractivity contribution in [3.63, 3.8) is 0 Å². The van der Waals surface area contributed by atoms with Gasteiger partial charge in [-0.25, -0.2) is 9.97 Å². The van der Waals surface area contributed by atoms with Gasteiger partial charge in [-0.2, -0.15) is 0 Å². The van der Waals surface area contributed by atoms with Crippen molar-refractivity contribution >= 4 is 39.3 Å². The second-order valence-electron chi connectivity index (χ2n) is 4.00. The molecule has 4 nitrogen and oxygen atoms in total. The molecule has 0 spiro atoms. The van der Waals surface area contributed by atoms with Gasteiger partial charge in [0, 0.05) is 12.2 Å². The van der Waals surface area contributed by atoms with Crippen molar-refractivity contribution in [2.24, 2.45) is 0 Å². The molecule has 2 N–H and O–H groups in total. The molecule has 0 saturated carbocycles. The van der Waals surface area contributed by atoms with Crippen molar-refractivity contribution in [3.8, 4) is 0 Å². The molecule has 7 heteroatoms. The summed E-state index contributed by atoms with van der Waals surface area (Å²) in [6.45, 7) is 5.05. The normalized spacial score (nSPS) is 13.1. The second-order valence-corrected chi connectivity index (χ2v) is 5.54. The van der Waals surface area contributed by atoms with E-state index in [2.05, 4.69) is 34.2 Å². The fourth-order valence-electron chi connectivity index (χ4n) is 1.56. The summed E-state index contributed by atoms with van der Waals surface area (Å²) in [5, 5.41) is 6.76. The lowest BCUT2D eigenvalue weighted by molar-refractivity contribution is 0.505. The number of anilines is 1. The van der Waals surface area contributed by atoms with E-state index >= 15 is 0 Å². The van der Waals surface area contributed by atoms with Gasteiger partial charge in [0.1, 0.15) is 13.7 Å². The van der Waals surface area contributed by atoms with Gasteiger partial charge in [-0.1, -0.05) is 6.92 Å². The summed E-state index contributed by atoms with van der Waals surface area (Å²) >= 11 is 5.72. The predicted molar refractivity (Wildman–Crippen MR) is 81.9 cm³/mol. The molecule has 0 aromatic carbocycles. The van der Waals surface area contributed by atoms with Crippen LogP contribution in [0, 0.1) is 0 Å². The second kappa shape index (κ2) is 8.68. The molecule has 0 saturated heterocycles. The molecule has 2 radical (unpaired) electrons. The lowest BCUT2D eigenvalue weighted by Gasteiger charge is -2.17. The van der Waals surface area contributed by atoms with Crippen LogP contribution in [-0.2, 0) is 0 Å². The van der Waals surface area contributed by atoms with Gasteiger partial charge in [-0.3, -0.25) is 5.32 Å². The largest absolute Gasteiger partial charge is 0.358 e. The van der Waals surface area contributed by atoms with Crippen LogP contribution in [0.5, 0.6) is 0 Å². The van der Waals surface area contributed by atoms with Crippen LogP contribution in [0.25, 0.3) is 0 Å². The average molecular weight is 285 g/mol. The van der Waals surface area contributed by atoms with Crippen molar-refractivity contribution < 1.29 is 0 Å². The first kappa shape index (κ1) is 15.7. The highest BCUT2D eigenvalue weighted by molar-refractivity contribution is 7.36. The lowest BCUT2D eigenvalue weighted by Crippen LogP contribution is -2.34. The Balaban J connectivity index is 2.37. The molecular weight excluding hydrogens is 265 g/mol. The third-order valence-electron chi connectivity index (χ3n) is 2.67. The van der Waals surface area contributed by atoms with Crippen LogP contribution >= 0.6 is 20.2 Å². The summed E-state index contributed by atoms with van der Waals surface area (Å²) in [7, 11) is 6.76. The van der Waals surface area contributed by atoms with Crippen molar-refractivity contribution in [2.45, 2.75) is 25.8 Å². The van der Waals surface area contributed by atoms with E-state index in [-0.39, 0.29) is 5.28 Å². The molecule has 1 aromatic heterocycles. The summed E-state index contributed by atoms with van der Waals surface area (Å²) in [6.07, 6.45) is 5.10. The maximum absolute atomic E-state index is 5.75. The minimum atomic E-state index is 0.200. The third kappa shape index (κ3) is 5.51. The Morgan fingerprint density at radius 2 is 2.33 bits per heavy atom. The molecule has 1 rings (SSSR count). The van der Waals surface area contributed by atoms with E-state index in [1.807, 2.05) is 0 Å². The summed E-state index contributed by atoms with van der Waals surface area (Å²) in [5.41, 5.74) is 0.504. The number of halogens is 1. The van der Waals surface area contributed by atoms with Crippen molar-refractivity contribution in [1.82, 2.24) is 15.3 Å². The number of aromatic nitrogens is 2. The first-order valence-corrected chi connectivity index (χ1v) is 8.15. The van der Waals surface area contributed by atoms with Crippen molar-refractivity contribution in [1.29, 1.82) is 0 Å². The van der Waals surface area contributed by atoms with Gasteiger partial charge < -0.3 is 5.32 Å². The van der Waals surface area contributed by atoms with Crippen LogP contribution in [0.15, 0.2) is 6.20 Å². The van der Waals surface area contributed by atoms with Crippen LogP contribution in [0.2, 0.25) is 5.28 Å². The van der Waals surface area contributed by atoms with Gasteiger partial charge in [0.25, 0.3) is 0 Å². The number of nitrogens with one attached hydrogen (secondary N) is 2. The Hall–Kier alpha value is -0.375. The van der Waals surface area contributed by atoms with Gasteiger partial charge in [0.05, 0.1) is 6.67 Å². The van der Waals surface area contributed by atoms with Crippen LogP contribution in [0.3, 0.4) is 0 Å². The summed E-state index contributed by atoms with van der Waals surface area (Å²) in [4.78, 5) is 7.85. The molecule has 0 aliphatic rings. The molecule has 18 heavy (non-hydrogen) atoms. The predicted octanol–water partition coefficient (Wildman–Crippen LogP) is 1.36. The standard InChI is InChI=1S/C11H19BClN4P/c1-3-8(4-5-18-2)15-7-16-10-9(12)6-14-11(13)17-10/h6,8,15,18H,3-5,7H2,1-2H3,(H,14,16,17). The molecule has 2 atom stereocenters. The van der Waals surface area contributed by atoms with Gasteiger partial charge in [0.2, 0.25) is 5.28 Å². The zero-order chi connectivity index (χ0) is 13.4. The van der Waals surface area contributed by atoms with Gasteiger partial charge in [-0.15, -0.1) is 8.58 Å². The maximum atomic E-state index is 5.75. The number of hydrogen-bond acceptors (Lipinski definition) is 4. The van der Waals surface area contributed by atoms with E-state index in [9.17, 15) is 0 Å². The molecular formula is C11H19BClN4P. The SMILES string of the molecule is [B]c1cnc(Cl)nc1NCNC(CC)CCPC. The van der Waals surface area contributed by atoms with Gasteiger partial charge in [0.15, 0.2) is 0 Å². The Kier molecular flexibility index (Phi) is 7.56. The number of nitrogens with zero attached hydrogens (tertiary/aromatic N) is 2. The quantitative estimate of drug-likeness (QED) is 0.327. The molecule has 0 aliphatic carbocycles. The Bertz CT molecular complexity index is 367. The number of hydrogen-bond donors (Lipinski definition) is 2. The molecule has 0 fully saturated rings. The maximum Gasteiger partial charge on any atom is 0.224 e. The Morgan fingerprint density at radius 1 is 1.56 bits per heavy atom. The smallest absolute Gasteiger partial charge is 0.224 e. The zero-order valence-electron chi connectivity index (χ0n) is 10.8. The van der Waals surface area contributed by atoms with E-state index in [4.69, 9.17) is 19.4 Å². The molecule has 98 valence electrons. The lowest BCUT2D eigenvalue weighted by atomic mass is 9.99. The third-order valence-corrected chi connectivity index (χ3v) is 3.64. The van der Waals surface area contributed by atoms with Gasteiger partial charge in [-0.05, 0) is 42.7 Å². The first-order valence-electron chi connectivity index (χ1n) is 6.07. The van der Waals surface area contributed by atoms with Crippen LogP contribution in [0.4, 0.5) is 5.82 Å². The van der Waals surface area contributed by atoms with E-state index in [1.54, 1.807) is 0 Å². The monoisotopic (exact) mass is 284 g/mol. The zero-order valence-corrected chi connectivity index (χ0v) is 12.6. The Labute approximate surface area is 117 Å². The summed E-state index contributed by atoms with van der Waals surface area (Å²) in [5.74, 6) is 0.578. The van der Waals surface area contributed by atoms with E-state index in [0.29, 0.717) is 24.0 Å². The number of rotatable bonds is 8. The minimum absolute atomic E-state index is 0.200. The Morgan fingerprint density at radius 3 is 3.00 bits per heavy atom. The first-order chi connectivity index (χ1) is 8.67. The molecule has 1 aromatic rings. The summed E-state index contributed by atoms with van der Waals surface area (Å²) in [6, 6.07) is 0.531. The van der Waals surface area contributed by atoms with Crippen molar-refractivity contribution in [2.75, 3.05) is 24.8 Å². The molecule has 0 bridgehead atoms. The van der Waals surface area contributed by atoms with Gasteiger partial charge >= 0.3 is 0 Å². The fourth-order valence-corrected chi connectivity index (χ4v) is 2.33. The molecule has 0 amide bonds. The van der Waals surface area contributed by atoms with Crippen LogP contribution in [-0.4, -0.2) is 43.4 Å². The minimum Gasteiger partial charge on any atom is -0.358 e. The van der Waals surface area contributed by atoms with Crippen molar-refractivity contribution in [3.05, 3.63) is 11.5 Å². The van der Waals surface area contributed by atoms with E-state index < -0.39 is 0 Å². The fraction of sp³-hybridized carbons (Fsp3) is 0.636. The molecule has 1 heterocycles. The highest BCUT2D eigenvalue weighted by atomic mass is 35.5.